The number of imidazole rings is 1. The minimum atomic E-state index is -2.07. The maximum atomic E-state index is 11.7. The normalized spacial score (nSPS) is 30.5. The number of hydrogen-bond donors (Lipinski definition) is 5. The summed E-state index contributed by atoms with van der Waals surface area (Å²) >= 11 is 0. The van der Waals surface area contributed by atoms with Crippen LogP contribution in [0.15, 0.2) is 16.2 Å². The van der Waals surface area contributed by atoms with Gasteiger partial charge in [0.05, 0.1) is 12.9 Å². The minimum Gasteiger partial charge on any atom is -0.393 e. The van der Waals surface area contributed by atoms with E-state index >= 15 is 0 Å². The van der Waals surface area contributed by atoms with Gasteiger partial charge >= 0.3 is 0 Å². The first-order chi connectivity index (χ1) is 10.9. The zero-order valence-corrected chi connectivity index (χ0v) is 11.4. The molecule has 0 amide bonds. The fourth-order valence-corrected chi connectivity index (χ4v) is 2.44. The molecule has 0 spiro atoms. The molecule has 6 N–H and O–H groups in total. The highest BCUT2D eigenvalue weighted by Gasteiger charge is 2.55. The Morgan fingerprint density at radius 3 is 3.00 bits per heavy atom. The number of fused-ring (bicyclic) bond motifs is 1. The summed E-state index contributed by atoms with van der Waals surface area (Å²) in [5, 5.41) is 32.8. The molecular weight excluding hydrogens is 312 g/mol. The molecule has 0 radical (unpaired) electrons. The number of aliphatic hydroxyl groups is 3. The van der Waals surface area contributed by atoms with Crippen molar-refractivity contribution in [1.29, 1.82) is 0 Å². The first-order valence-corrected chi connectivity index (χ1v) is 6.37. The van der Waals surface area contributed by atoms with E-state index in [0.717, 1.165) is 10.9 Å². The van der Waals surface area contributed by atoms with Crippen LogP contribution in [0.4, 0.5) is 5.95 Å². The van der Waals surface area contributed by atoms with E-state index in [4.69, 9.17) is 16.0 Å². The van der Waals surface area contributed by atoms with Crippen molar-refractivity contribution in [3.63, 3.8) is 0 Å². The molecule has 1 fully saturated rings. The van der Waals surface area contributed by atoms with Crippen molar-refractivity contribution in [1.82, 2.24) is 19.5 Å². The second-order valence-corrected chi connectivity index (χ2v) is 4.91. The number of azide groups is 1. The number of nitrogens with two attached hydrogens (primary N) is 1. The number of nitrogen functional groups attached to an aromatic ring is 1. The summed E-state index contributed by atoms with van der Waals surface area (Å²) in [6.45, 7) is -0.867. The number of hydrogen-bond acceptors (Lipinski definition) is 9. The van der Waals surface area contributed by atoms with Gasteiger partial charge in [-0.1, -0.05) is 5.11 Å². The van der Waals surface area contributed by atoms with Crippen LogP contribution >= 0.6 is 0 Å². The molecule has 2 aromatic heterocycles. The lowest BCUT2D eigenvalue weighted by Crippen LogP contribution is -2.44. The molecule has 1 saturated heterocycles. The molecule has 4 atom stereocenters. The fourth-order valence-electron chi connectivity index (χ4n) is 2.44. The number of rotatable bonds is 3. The van der Waals surface area contributed by atoms with Crippen molar-refractivity contribution in [2.75, 3.05) is 12.3 Å². The largest absolute Gasteiger partial charge is 0.393 e. The van der Waals surface area contributed by atoms with Gasteiger partial charge in [-0.2, -0.15) is 4.98 Å². The van der Waals surface area contributed by atoms with Crippen LogP contribution in [0.25, 0.3) is 21.6 Å². The summed E-state index contributed by atoms with van der Waals surface area (Å²) in [6.07, 6.45) is -3.44. The van der Waals surface area contributed by atoms with E-state index in [-0.39, 0.29) is 17.1 Å². The number of aromatic amines is 1. The number of aromatic nitrogens is 4. The summed E-state index contributed by atoms with van der Waals surface area (Å²) in [5.41, 5.74) is 11.3. The molecule has 0 unspecified atom stereocenters. The van der Waals surface area contributed by atoms with Gasteiger partial charge in [0, 0.05) is 4.91 Å². The Hall–Kier alpha value is -2.70. The maximum absolute atomic E-state index is 11.7. The predicted molar refractivity (Wildman–Crippen MR) is 73.7 cm³/mol. The van der Waals surface area contributed by atoms with Crippen molar-refractivity contribution in [3.05, 3.63) is 27.1 Å². The van der Waals surface area contributed by atoms with E-state index in [2.05, 4.69) is 25.0 Å². The van der Waals surface area contributed by atoms with Gasteiger partial charge in [-0.15, -0.1) is 0 Å². The van der Waals surface area contributed by atoms with Crippen LogP contribution in [0, 0.1) is 0 Å². The molecule has 13 nitrogen and oxygen atoms in total. The summed E-state index contributed by atoms with van der Waals surface area (Å²) in [6, 6.07) is 0. The Balaban J connectivity index is 2.13. The zero-order valence-electron chi connectivity index (χ0n) is 11.4. The van der Waals surface area contributed by atoms with Crippen molar-refractivity contribution in [2.24, 2.45) is 5.11 Å². The first kappa shape index (κ1) is 15.2. The minimum absolute atomic E-state index is 0.00261. The van der Waals surface area contributed by atoms with Crippen LogP contribution in [-0.4, -0.2) is 59.4 Å². The molecule has 0 bridgehead atoms. The molecule has 2 aromatic rings. The number of nitrogens with zero attached hydrogens (tertiary/aromatic N) is 6. The van der Waals surface area contributed by atoms with Gasteiger partial charge in [0.15, 0.2) is 17.4 Å². The lowest BCUT2D eigenvalue weighted by Gasteiger charge is -2.23. The smallest absolute Gasteiger partial charge is 0.280 e. The maximum Gasteiger partial charge on any atom is 0.280 e. The number of aliphatic hydroxyl groups excluding tert-OH is 3. The predicted octanol–water partition coefficient (Wildman–Crippen LogP) is -2.05. The molecule has 0 aromatic carbocycles. The Bertz CT molecular complexity index is 857. The third kappa shape index (κ3) is 2.11. The number of anilines is 1. The van der Waals surface area contributed by atoms with Crippen molar-refractivity contribution >= 4 is 17.1 Å². The van der Waals surface area contributed by atoms with Crippen LogP contribution in [0.3, 0.4) is 0 Å². The van der Waals surface area contributed by atoms with Crippen LogP contribution in [0.2, 0.25) is 0 Å². The van der Waals surface area contributed by atoms with Gasteiger partial charge in [-0.25, -0.2) is 4.98 Å². The highest BCUT2D eigenvalue weighted by molar-refractivity contribution is 5.70. The topological polar surface area (TPSA) is 208 Å². The third-order valence-corrected chi connectivity index (χ3v) is 3.57. The highest BCUT2D eigenvalue weighted by Crippen LogP contribution is 2.38. The molecule has 3 heterocycles. The summed E-state index contributed by atoms with van der Waals surface area (Å²) in [5.74, 6) is -0.180. The molecule has 0 aliphatic carbocycles. The standard InChI is InChI=1S/C10H12N8O5/c11-9-14-6-3(7(22)15-9)13-2-18(6)8-4(20)5(21)10(1-19,23-8)16-17-12/h2,4-5,8,19-21H,1H2,(H3,11,14,15,22)/t4-,5-,8+,10+/m0/s1. The van der Waals surface area contributed by atoms with Gasteiger partial charge in [0.25, 0.3) is 5.56 Å². The molecule has 0 saturated carbocycles. The lowest BCUT2D eigenvalue weighted by atomic mass is 10.1. The van der Waals surface area contributed by atoms with Crippen LogP contribution < -0.4 is 11.3 Å². The SMILES string of the molecule is [N-]=[N+]=N[C@]1(CO)O[C@@H](n2cnc3c(=O)[nH]c(N)nc32)[C@@H](O)[C@@H]1O. The Kier molecular flexibility index (Phi) is 3.43. The Morgan fingerprint density at radius 2 is 2.35 bits per heavy atom. The van der Waals surface area contributed by atoms with Crippen molar-refractivity contribution in [3.8, 4) is 0 Å². The summed E-state index contributed by atoms with van der Waals surface area (Å²) in [7, 11) is 0. The third-order valence-electron chi connectivity index (χ3n) is 3.57. The number of nitrogens with one attached hydrogen (secondary N) is 1. The van der Waals surface area contributed by atoms with Gasteiger partial charge in [-0.3, -0.25) is 14.3 Å². The number of ether oxygens (including phenoxy) is 1. The lowest BCUT2D eigenvalue weighted by molar-refractivity contribution is -0.123. The van der Waals surface area contributed by atoms with E-state index in [1.807, 2.05) is 0 Å². The average molecular weight is 324 g/mol. The van der Waals surface area contributed by atoms with Crippen LogP contribution in [0.1, 0.15) is 6.23 Å². The second-order valence-electron chi connectivity index (χ2n) is 4.91. The summed E-state index contributed by atoms with van der Waals surface area (Å²) in [4.78, 5) is 24.3. The number of H-pyrrole nitrogens is 1. The van der Waals surface area contributed by atoms with Gasteiger partial charge in [0.1, 0.15) is 12.2 Å². The molecular formula is C10H12N8O5. The fraction of sp³-hybridized carbons (Fsp3) is 0.500. The zero-order chi connectivity index (χ0) is 16.8. The van der Waals surface area contributed by atoms with Crippen LogP contribution in [0.5, 0.6) is 0 Å². The van der Waals surface area contributed by atoms with E-state index < -0.39 is 36.3 Å². The van der Waals surface area contributed by atoms with Gasteiger partial charge in [-0.05, 0) is 5.53 Å². The van der Waals surface area contributed by atoms with Gasteiger partial charge in [0.2, 0.25) is 11.7 Å². The van der Waals surface area contributed by atoms with Crippen molar-refractivity contribution < 1.29 is 20.1 Å². The van der Waals surface area contributed by atoms with Crippen LogP contribution in [-0.2, 0) is 4.74 Å². The highest BCUT2D eigenvalue weighted by atomic mass is 16.6. The molecule has 23 heavy (non-hydrogen) atoms. The van der Waals surface area contributed by atoms with E-state index in [0.29, 0.717) is 0 Å². The quantitative estimate of drug-likeness (QED) is 0.240. The molecule has 13 heteroatoms. The molecule has 1 aliphatic heterocycles. The molecule has 122 valence electrons. The Morgan fingerprint density at radius 1 is 1.61 bits per heavy atom. The van der Waals surface area contributed by atoms with Gasteiger partial charge < -0.3 is 25.8 Å². The second kappa shape index (κ2) is 5.19. The average Bonchev–Trinajstić information content (AvgIpc) is 3.03. The molecule has 1 aliphatic rings. The molecule has 3 rings (SSSR count). The monoisotopic (exact) mass is 324 g/mol. The van der Waals surface area contributed by atoms with Crippen molar-refractivity contribution in [2.45, 2.75) is 24.2 Å². The first-order valence-electron chi connectivity index (χ1n) is 6.37. The van der Waals surface area contributed by atoms with E-state index in [9.17, 15) is 20.1 Å². The Labute approximate surface area is 126 Å². The van der Waals surface area contributed by atoms with E-state index in [1.165, 1.54) is 0 Å². The summed E-state index contributed by atoms with van der Waals surface area (Å²) < 4.78 is 6.51. The van der Waals surface area contributed by atoms with E-state index in [1.54, 1.807) is 0 Å².